The van der Waals surface area contributed by atoms with Gasteiger partial charge in [-0.1, -0.05) is 0 Å². The quantitative estimate of drug-likeness (QED) is 0.196. The minimum Gasteiger partial charge on any atom is -0.489 e. The number of aromatic nitrogens is 6. The van der Waals surface area contributed by atoms with E-state index in [0.717, 1.165) is 76.8 Å². The fourth-order valence-corrected chi connectivity index (χ4v) is 5.97. The van der Waals surface area contributed by atoms with Crippen LogP contribution in [0.25, 0.3) is 55.7 Å². The Bertz CT molecular complexity index is 2100. The number of ether oxygens (including phenoxy) is 1. The Morgan fingerprint density at radius 3 is 2.66 bits per heavy atom. The highest BCUT2D eigenvalue weighted by Gasteiger charge is 2.18. The number of rotatable bonds is 8. The molecule has 1 aliphatic heterocycles. The van der Waals surface area contributed by atoms with Crippen molar-refractivity contribution in [3.8, 4) is 39.4 Å². The summed E-state index contributed by atoms with van der Waals surface area (Å²) in [4.78, 5) is 16.8. The van der Waals surface area contributed by atoms with Gasteiger partial charge in [-0.25, -0.2) is 27.5 Å². The summed E-state index contributed by atoms with van der Waals surface area (Å²) in [5, 5.41) is 12.4. The maximum absolute atomic E-state index is 14.6. The fourth-order valence-electron chi connectivity index (χ4n) is 5.55. The largest absolute Gasteiger partial charge is 0.489 e. The lowest BCUT2D eigenvalue weighted by Crippen LogP contribution is -2.34. The van der Waals surface area contributed by atoms with Gasteiger partial charge in [-0.2, -0.15) is 5.10 Å². The topological polar surface area (TPSA) is 151 Å². The molecule has 1 fully saturated rings. The van der Waals surface area contributed by atoms with Gasteiger partial charge in [-0.3, -0.25) is 10.1 Å². The summed E-state index contributed by atoms with van der Waals surface area (Å²) in [6.07, 6.45) is 10.1. The predicted molar refractivity (Wildman–Crippen MR) is 166 cm³/mol. The molecule has 6 heterocycles. The first kappa shape index (κ1) is 28.1. The van der Waals surface area contributed by atoms with Crippen molar-refractivity contribution in [2.45, 2.75) is 25.5 Å². The van der Waals surface area contributed by atoms with Crippen LogP contribution in [-0.2, 0) is 16.6 Å². The van der Waals surface area contributed by atoms with Crippen molar-refractivity contribution >= 4 is 32.1 Å². The molecule has 11 nitrogen and oxygen atoms in total. The summed E-state index contributed by atoms with van der Waals surface area (Å²) in [6, 6.07) is 12.2. The Hall–Kier alpha value is -4.72. The standard InChI is InChI=1S/C31H29FN8O3S/c1-44(41,42)37-14-18-8-19(10-22(32)9-18)25-4-7-35-30-26(25)13-28(38-30)29-27-12-21(16-36-31(27)40-39-29)20-11-24(17-34-15-20)43-23-2-5-33-6-3-23/h4,7-13,15-17,23,33,37H,2-3,5-6,14H2,1H3,(H,35,38)(H,36,39,40). The molecule has 1 aliphatic rings. The highest BCUT2D eigenvalue weighted by atomic mass is 32.2. The van der Waals surface area contributed by atoms with Crippen molar-refractivity contribution in [2.75, 3.05) is 19.3 Å². The van der Waals surface area contributed by atoms with E-state index in [4.69, 9.17) is 4.74 Å². The predicted octanol–water partition coefficient (Wildman–Crippen LogP) is 4.55. The normalized spacial score (nSPS) is 14.4. The smallest absolute Gasteiger partial charge is 0.209 e. The second kappa shape index (κ2) is 11.4. The minimum atomic E-state index is -3.43. The highest BCUT2D eigenvalue weighted by molar-refractivity contribution is 7.88. The molecule has 5 aromatic heterocycles. The van der Waals surface area contributed by atoms with Gasteiger partial charge < -0.3 is 15.0 Å². The first-order chi connectivity index (χ1) is 21.3. The molecule has 13 heteroatoms. The zero-order valence-corrected chi connectivity index (χ0v) is 24.6. The lowest BCUT2D eigenvalue weighted by Gasteiger charge is -2.23. The van der Waals surface area contributed by atoms with Gasteiger partial charge in [0.1, 0.15) is 23.3 Å². The van der Waals surface area contributed by atoms with Gasteiger partial charge >= 0.3 is 0 Å². The van der Waals surface area contributed by atoms with Gasteiger partial charge in [0.2, 0.25) is 10.0 Å². The molecular formula is C31H29FN8O3S. The Balaban J connectivity index is 1.23. The average Bonchev–Trinajstić information content (AvgIpc) is 3.64. The Morgan fingerprint density at radius 1 is 0.977 bits per heavy atom. The van der Waals surface area contributed by atoms with Gasteiger partial charge in [0.05, 0.1) is 23.8 Å². The van der Waals surface area contributed by atoms with Crippen LogP contribution in [-0.4, -0.2) is 64.0 Å². The van der Waals surface area contributed by atoms with E-state index in [-0.39, 0.29) is 12.6 Å². The number of nitrogens with one attached hydrogen (secondary N) is 4. The molecule has 0 atom stereocenters. The number of sulfonamides is 1. The number of benzene rings is 1. The number of fused-ring (bicyclic) bond motifs is 2. The molecule has 0 saturated carbocycles. The number of H-pyrrole nitrogens is 2. The van der Waals surface area contributed by atoms with Crippen LogP contribution in [0.15, 0.2) is 67.3 Å². The van der Waals surface area contributed by atoms with E-state index in [0.29, 0.717) is 22.4 Å². The van der Waals surface area contributed by atoms with Crippen LogP contribution in [0.4, 0.5) is 4.39 Å². The first-order valence-corrected chi connectivity index (χ1v) is 16.1. The molecule has 0 amide bonds. The van der Waals surface area contributed by atoms with Crippen molar-refractivity contribution < 1.29 is 17.5 Å². The number of hydrogen-bond donors (Lipinski definition) is 4. The second-order valence-corrected chi connectivity index (χ2v) is 12.7. The Morgan fingerprint density at radius 2 is 1.82 bits per heavy atom. The number of halogens is 1. The molecular weight excluding hydrogens is 583 g/mol. The summed E-state index contributed by atoms with van der Waals surface area (Å²) in [7, 11) is -3.43. The minimum absolute atomic E-state index is 0.0196. The van der Waals surface area contributed by atoms with E-state index in [9.17, 15) is 12.8 Å². The molecule has 0 unspecified atom stereocenters. The van der Waals surface area contributed by atoms with Crippen LogP contribution in [0, 0.1) is 5.82 Å². The van der Waals surface area contributed by atoms with Crippen LogP contribution in [0.3, 0.4) is 0 Å². The molecule has 44 heavy (non-hydrogen) atoms. The maximum atomic E-state index is 14.6. The SMILES string of the molecule is CS(=O)(=O)NCc1cc(F)cc(-c2ccnc3[nH]c(-c4[nH]nc5ncc(-c6cncc(OC7CCNCC7)c6)cc45)cc23)c1. The molecule has 0 spiro atoms. The monoisotopic (exact) mass is 612 g/mol. The molecule has 0 aliphatic carbocycles. The summed E-state index contributed by atoms with van der Waals surface area (Å²) in [6.45, 7) is 1.87. The van der Waals surface area contributed by atoms with Crippen LogP contribution >= 0.6 is 0 Å². The summed E-state index contributed by atoms with van der Waals surface area (Å²) < 4.78 is 46.4. The van der Waals surface area contributed by atoms with E-state index in [1.54, 1.807) is 36.9 Å². The lowest BCUT2D eigenvalue weighted by molar-refractivity contribution is 0.162. The maximum Gasteiger partial charge on any atom is 0.209 e. The van der Waals surface area contributed by atoms with Crippen molar-refractivity contribution in [1.82, 2.24) is 40.2 Å². The Labute approximate surface area is 252 Å². The van der Waals surface area contributed by atoms with Crippen molar-refractivity contribution in [1.29, 1.82) is 0 Å². The third kappa shape index (κ3) is 5.89. The molecule has 224 valence electrons. The number of nitrogens with zero attached hydrogens (tertiary/aromatic N) is 4. The van der Waals surface area contributed by atoms with Crippen molar-refractivity contribution in [2.24, 2.45) is 0 Å². The third-order valence-corrected chi connectivity index (χ3v) is 8.32. The van der Waals surface area contributed by atoms with Gasteiger partial charge in [0, 0.05) is 47.0 Å². The van der Waals surface area contributed by atoms with Crippen LogP contribution < -0.4 is 14.8 Å². The molecule has 4 N–H and O–H groups in total. The summed E-state index contributed by atoms with van der Waals surface area (Å²) in [5.74, 6) is 0.259. The molecule has 6 aromatic rings. The zero-order chi connectivity index (χ0) is 30.3. The van der Waals surface area contributed by atoms with Gasteiger partial charge in [0.25, 0.3) is 0 Å². The molecule has 0 bridgehead atoms. The van der Waals surface area contributed by atoms with Gasteiger partial charge in [-0.15, -0.1) is 0 Å². The first-order valence-electron chi connectivity index (χ1n) is 14.2. The average molecular weight is 613 g/mol. The number of aromatic amines is 2. The molecule has 7 rings (SSSR count). The zero-order valence-electron chi connectivity index (χ0n) is 23.8. The Kier molecular flexibility index (Phi) is 7.28. The summed E-state index contributed by atoms with van der Waals surface area (Å²) >= 11 is 0. The molecule has 1 aromatic carbocycles. The van der Waals surface area contributed by atoms with Crippen molar-refractivity contribution in [3.05, 3.63) is 78.6 Å². The van der Waals surface area contributed by atoms with Crippen molar-refractivity contribution in [3.63, 3.8) is 0 Å². The van der Waals surface area contributed by atoms with Crippen LogP contribution in [0.5, 0.6) is 5.75 Å². The van der Waals surface area contributed by atoms with E-state index < -0.39 is 15.8 Å². The summed E-state index contributed by atoms with van der Waals surface area (Å²) in [5.41, 5.74) is 6.23. The van der Waals surface area contributed by atoms with E-state index in [1.165, 1.54) is 12.1 Å². The number of pyridine rings is 3. The number of hydrogen-bond acceptors (Lipinski definition) is 8. The highest BCUT2D eigenvalue weighted by Crippen LogP contribution is 2.35. The lowest BCUT2D eigenvalue weighted by atomic mass is 10.0. The third-order valence-electron chi connectivity index (χ3n) is 7.65. The van der Waals surface area contributed by atoms with Crippen LogP contribution in [0.2, 0.25) is 0 Å². The number of piperidine rings is 1. The van der Waals surface area contributed by atoms with E-state index >= 15 is 0 Å². The molecule has 1 saturated heterocycles. The van der Waals surface area contributed by atoms with E-state index in [1.807, 2.05) is 18.2 Å². The van der Waals surface area contributed by atoms with E-state index in [2.05, 4.69) is 40.2 Å². The molecule has 0 radical (unpaired) electrons. The van der Waals surface area contributed by atoms with Gasteiger partial charge in [-0.05, 0) is 85.1 Å². The van der Waals surface area contributed by atoms with Crippen LogP contribution in [0.1, 0.15) is 18.4 Å². The second-order valence-electron chi connectivity index (χ2n) is 10.9. The fraction of sp³-hybridized carbons (Fsp3) is 0.226. The van der Waals surface area contributed by atoms with Gasteiger partial charge in [0.15, 0.2) is 5.65 Å².